The maximum absolute atomic E-state index is 10.8. The Morgan fingerprint density at radius 2 is 1.89 bits per heavy atom. The van der Waals surface area contributed by atoms with Gasteiger partial charge in [-0.2, -0.15) is 0 Å². The number of piperidine rings is 1. The molecule has 0 aromatic heterocycles. The van der Waals surface area contributed by atoms with Crippen LogP contribution >= 0.6 is 0 Å². The summed E-state index contributed by atoms with van der Waals surface area (Å²) in [5, 5.41) is 21.7. The van der Waals surface area contributed by atoms with Crippen LogP contribution in [-0.4, -0.2) is 47.1 Å². The number of hydrogen-bond acceptors (Lipinski definition) is 4. The summed E-state index contributed by atoms with van der Waals surface area (Å²) < 4.78 is 0. The molecule has 1 aliphatic rings. The maximum atomic E-state index is 10.8. The largest absolute Gasteiger partial charge is 0.478 e. The molecule has 1 aromatic carbocycles. The van der Waals surface area contributed by atoms with E-state index in [1.807, 2.05) is 4.81 Å². The second-order valence-electron chi connectivity index (χ2n) is 4.97. The van der Waals surface area contributed by atoms with E-state index in [4.69, 9.17) is 5.11 Å². The zero-order chi connectivity index (χ0) is 13.8. The van der Waals surface area contributed by atoms with Crippen molar-refractivity contribution in [3.8, 4) is 0 Å². The van der Waals surface area contributed by atoms with Crippen LogP contribution in [0.1, 0.15) is 23.2 Å². The number of carbonyl (C=O) groups is 1. The third kappa shape index (κ3) is 3.72. The third-order valence-electron chi connectivity index (χ3n) is 3.56. The number of nitrogens with zero attached hydrogens (tertiary/aromatic N) is 1. The van der Waals surface area contributed by atoms with Gasteiger partial charge in [0.25, 0.3) is 0 Å². The molecule has 6 heteroatoms. The minimum atomic E-state index is -0.906. The van der Waals surface area contributed by atoms with Crippen molar-refractivity contribution in [3.05, 3.63) is 29.8 Å². The molecule has 0 atom stereocenters. The first-order valence-electron chi connectivity index (χ1n) is 6.58. The van der Waals surface area contributed by atoms with Crippen LogP contribution in [0.15, 0.2) is 24.3 Å². The molecule has 2 rings (SSSR count). The number of aromatic carboxylic acids is 1. The molecule has 0 bridgehead atoms. The summed E-state index contributed by atoms with van der Waals surface area (Å²) in [6, 6.07) is 7.19. The highest BCUT2D eigenvalue weighted by Crippen LogP contribution is 2.17. The Bertz CT molecular complexity index is 428. The van der Waals surface area contributed by atoms with E-state index in [0.29, 0.717) is 11.6 Å². The fraction of sp³-hybridized carbons (Fsp3) is 0.462. The number of carboxylic acid groups (broad SMARTS) is 1. The van der Waals surface area contributed by atoms with Crippen LogP contribution in [0.5, 0.6) is 0 Å². The molecule has 0 unspecified atom stereocenters. The van der Waals surface area contributed by atoms with Crippen molar-refractivity contribution in [2.45, 2.75) is 25.7 Å². The Hall–Kier alpha value is -1.53. The van der Waals surface area contributed by atoms with E-state index in [0.717, 1.165) is 31.6 Å². The molecular weight excluding hydrogens is 243 g/mol. The van der Waals surface area contributed by atoms with Crippen molar-refractivity contribution in [3.63, 3.8) is 0 Å². The van der Waals surface area contributed by atoms with Crippen molar-refractivity contribution < 1.29 is 14.9 Å². The van der Waals surface area contributed by atoms with E-state index >= 15 is 0 Å². The van der Waals surface area contributed by atoms with Crippen molar-refractivity contribution in [2.75, 3.05) is 18.4 Å². The summed E-state index contributed by atoms with van der Waals surface area (Å²) in [6.07, 6.45) is 1.96. The zero-order valence-electron chi connectivity index (χ0n) is 11.0. The summed E-state index contributed by atoms with van der Waals surface area (Å²) in [6.45, 7) is 3.55. The van der Waals surface area contributed by atoms with Gasteiger partial charge in [-0.25, -0.2) is 4.79 Å². The molecule has 5 nitrogen and oxygen atoms in total. The Morgan fingerprint density at radius 1 is 1.32 bits per heavy atom. The van der Waals surface area contributed by atoms with Crippen LogP contribution in [0.4, 0.5) is 5.69 Å². The molecule has 0 saturated carbocycles. The topological polar surface area (TPSA) is 72.8 Å². The van der Waals surface area contributed by atoms with Crippen LogP contribution in [0.3, 0.4) is 0 Å². The predicted molar refractivity (Wildman–Crippen MR) is 75.5 cm³/mol. The number of rotatable bonds is 4. The van der Waals surface area contributed by atoms with E-state index in [9.17, 15) is 9.82 Å². The number of hydrogen-bond donors (Lipinski definition) is 3. The molecule has 1 fully saturated rings. The van der Waals surface area contributed by atoms with E-state index in [1.165, 1.54) is 0 Å². The SMILES string of the molecule is CB(O)N1CCC(Nc2ccc(C(=O)O)cc2)CC1. The Morgan fingerprint density at radius 3 is 2.37 bits per heavy atom. The highest BCUT2D eigenvalue weighted by atomic mass is 16.4. The fourth-order valence-electron chi connectivity index (χ4n) is 2.36. The lowest BCUT2D eigenvalue weighted by Crippen LogP contribution is -2.45. The smallest absolute Gasteiger partial charge is 0.376 e. The first kappa shape index (κ1) is 13.9. The third-order valence-corrected chi connectivity index (χ3v) is 3.56. The summed E-state index contributed by atoms with van der Waals surface area (Å²) in [4.78, 5) is 12.8. The Kier molecular flexibility index (Phi) is 4.45. The van der Waals surface area contributed by atoms with E-state index in [2.05, 4.69) is 5.32 Å². The molecule has 0 aliphatic carbocycles. The number of benzene rings is 1. The van der Waals surface area contributed by atoms with Gasteiger partial charge in [0.2, 0.25) is 0 Å². The molecule has 3 N–H and O–H groups in total. The van der Waals surface area contributed by atoms with Gasteiger partial charge in [-0.1, -0.05) is 0 Å². The van der Waals surface area contributed by atoms with E-state index in [-0.39, 0.29) is 7.05 Å². The average Bonchev–Trinajstić information content (AvgIpc) is 2.40. The van der Waals surface area contributed by atoms with Crippen LogP contribution in [0, 0.1) is 0 Å². The number of anilines is 1. The van der Waals surface area contributed by atoms with Crippen molar-refractivity contribution in [1.82, 2.24) is 4.81 Å². The summed E-state index contributed by atoms with van der Waals surface area (Å²) >= 11 is 0. The van der Waals surface area contributed by atoms with Gasteiger partial charge < -0.3 is 20.3 Å². The van der Waals surface area contributed by atoms with Gasteiger partial charge in [0.1, 0.15) is 0 Å². The first-order valence-corrected chi connectivity index (χ1v) is 6.58. The highest BCUT2D eigenvalue weighted by Gasteiger charge is 2.23. The van der Waals surface area contributed by atoms with Gasteiger partial charge in [0, 0.05) is 11.7 Å². The normalized spacial score (nSPS) is 17.2. The molecule has 1 heterocycles. The minimum Gasteiger partial charge on any atom is -0.478 e. The maximum Gasteiger partial charge on any atom is 0.376 e. The molecule has 1 saturated heterocycles. The summed E-state index contributed by atoms with van der Waals surface area (Å²) in [5.41, 5.74) is 1.25. The van der Waals surface area contributed by atoms with Gasteiger partial charge >= 0.3 is 13.0 Å². The van der Waals surface area contributed by atoms with Crippen LogP contribution in [-0.2, 0) is 0 Å². The van der Waals surface area contributed by atoms with Crippen molar-refractivity contribution >= 4 is 18.7 Å². The quantitative estimate of drug-likeness (QED) is 0.715. The van der Waals surface area contributed by atoms with Crippen molar-refractivity contribution in [1.29, 1.82) is 0 Å². The van der Waals surface area contributed by atoms with Gasteiger partial charge in [0.05, 0.1) is 5.56 Å². The number of nitrogens with one attached hydrogen (secondary N) is 1. The van der Waals surface area contributed by atoms with E-state index < -0.39 is 5.97 Å². The Balaban J connectivity index is 1.87. The van der Waals surface area contributed by atoms with Crippen LogP contribution in [0.25, 0.3) is 0 Å². The van der Waals surface area contributed by atoms with Gasteiger partial charge in [0.15, 0.2) is 0 Å². The van der Waals surface area contributed by atoms with Gasteiger partial charge in [-0.3, -0.25) is 0 Å². The van der Waals surface area contributed by atoms with E-state index in [1.54, 1.807) is 31.1 Å². The second-order valence-corrected chi connectivity index (χ2v) is 4.97. The molecule has 0 amide bonds. The summed E-state index contributed by atoms with van der Waals surface area (Å²) in [7, 11) is -0.379. The second kappa shape index (κ2) is 6.08. The Labute approximate surface area is 113 Å². The molecule has 102 valence electrons. The van der Waals surface area contributed by atoms with Crippen LogP contribution < -0.4 is 5.32 Å². The predicted octanol–water partition coefficient (Wildman–Crippen LogP) is 1.37. The molecule has 1 aliphatic heterocycles. The highest BCUT2D eigenvalue weighted by molar-refractivity contribution is 6.45. The monoisotopic (exact) mass is 262 g/mol. The van der Waals surface area contributed by atoms with Gasteiger partial charge in [-0.05, 0) is 57.0 Å². The average molecular weight is 262 g/mol. The van der Waals surface area contributed by atoms with Gasteiger partial charge in [-0.15, -0.1) is 0 Å². The number of carboxylic acids is 1. The first-order chi connectivity index (χ1) is 9.06. The van der Waals surface area contributed by atoms with Crippen LogP contribution in [0.2, 0.25) is 6.82 Å². The molecule has 1 aromatic rings. The lowest BCUT2D eigenvalue weighted by atomic mass is 9.82. The fourth-order valence-corrected chi connectivity index (χ4v) is 2.36. The molecular formula is C13H19BN2O3. The lowest BCUT2D eigenvalue weighted by molar-refractivity contribution is 0.0697. The lowest BCUT2D eigenvalue weighted by Gasteiger charge is -2.33. The molecule has 19 heavy (non-hydrogen) atoms. The molecule has 0 spiro atoms. The summed E-state index contributed by atoms with van der Waals surface area (Å²) in [5.74, 6) is -0.906. The van der Waals surface area contributed by atoms with Crippen molar-refractivity contribution in [2.24, 2.45) is 0 Å². The minimum absolute atomic E-state index is 0.300. The zero-order valence-corrected chi connectivity index (χ0v) is 11.0. The standard InChI is InChI=1S/C13H19BN2O3/c1-14(19)16-8-6-12(7-9-16)15-11-4-2-10(3-5-11)13(17)18/h2-5,12,15,19H,6-9H2,1H3,(H,17,18). The molecule has 0 radical (unpaired) electrons.